The van der Waals surface area contributed by atoms with Crippen LogP contribution in [-0.2, 0) is 16.6 Å². The third-order valence-corrected chi connectivity index (χ3v) is 3.95. The molecule has 0 aliphatic carbocycles. The van der Waals surface area contributed by atoms with Gasteiger partial charge in [-0.1, -0.05) is 18.2 Å². The van der Waals surface area contributed by atoms with Gasteiger partial charge in [-0.3, -0.25) is 4.21 Å². The zero-order valence-electron chi connectivity index (χ0n) is 10.5. The molecule has 5 N–H and O–H groups in total. The number of benzene rings is 1. The largest absolute Gasteiger partial charge is 0.412 e. The van der Waals surface area contributed by atoms with Gasteiger partial charge in [-0.15, -0.1) is 0 Å². The van der Waals surface area contributed by atoms with Gasteiger partial charge in [-0.25, -0.2) is 9.97 Å². The van der Waals surface area contributed by atoms with Gasteiger partial charge in [0.1, 0.15) is 5.82 Å². The van der Waals surface area contributed by atoms with Crippen molar-refractivity contribution in [3.8, 4) is 0 Å². The van der Waals surface area contributed by atoms with Gasteiger partial charge in [-0.2, -0.15) is 0 Å². The van der Waals surface area contributed by atoms with Crippen LogP contribution in [0.2, 0.25) is 0 Å². The second kappa shape index (κ2) is 5.81. The van der Waals surface area contributed by atoms with Crippen LogP contribution in [0.3, 0.4) is 0 Å². The fourth-order valence-electron chi connectivity index (χ4n) is 1.78. The highest BCUT2D eigenvalue weighted by atomic mass is 32.2. The summed E-state index contributed by atoms with van der Waals surface area (Å²) in [6.07, 6.45) is 1.63. The number of nitrogen functional groups attached to an aromatic ring is 1. The molecule has 3 aromatic rings. The molecular weight excluding hydrogens is 276 g/mol. The number of nitrogens with two attached hydrogens (primary N) is 1. The van der Waals surface area contributed by atoms with Crippen LogP contribution in [0.25, 0.3) is 11.0 Å². The number of pyridine rings is 1. The van der Waals surface area contributed by atoms with Crippen molar-refractivity contribution >= 4 is 27.7 Å². The molecule has 0 radical (unpaired) electrons. The molecule has 1 aromatic carbocycles. The number of fused-ring (bicyclic) bond motifs is 1. The molecule has 1 atom stereocenters. The number of hydrogen-bond donors (Lipinski definition) is 2. The lowest BCUT2D eigenvalue weighted by Crippen LogP contribution is -1.99. The monoisotopic (exact) mass is 290 g/mol. The summed E-state index contributed by atoms with van der Waals surface area (Å²) in [4.78, 5) is 11.4. The highest BCUT2D eigenvalue weighted by molar-refractivity contribution is 7.84. The predicted octanol–water partition coefficient (Wildman–Crippen LogP) is 1.02. The van der Waals surface area contributed by atoms with Crippen molar-refractivity contribution in [1.29, 1.82) is 0 Å². The fourth-order valence-corrected chi connectivity index (χ4v) is 2.81. The van der Waals surface area contributed by atoms with E-state index < -0.39 is 10.8 Å². The molecule has 0 saturated heterocycles. The molecule has 7 heteroatoms. The Bertz CT molecular complexity index is 706. The molecule has 0 aliphatic heterocycles. The van der Waals surface area contributed by atoms with Gasteiger partial charge in [0.2, 0.25) is 0 Å². The third-order valence-electron chi connectivity index (χ3n) is 2.73. The average molecular weight is 290 g/mol. The van der Waals surface area contributed by atoms with Gasteiger partial charge in [-0.05, 0) is 23.8 Å². The zero-order chi connectivity index (χ0) is 13.2. The molecule has 0 amide bonds. The van der Waals surface area contributed by atoms with E-state index in [1.807, 2.05) is 30.3 Å². The molecule has 6 nitrogen and oxygen atoms in total. The number of aromatic nitrogens is 3. The van der Waals surface area contributed by atoms with E-state index in [1.54, 1.807) is 12.3 Å². The smallest absolute Gasteiger partial charge is 0.197 e. The quantitative estimate of drug-likeness (QED) is 0.749. The maximum atomic E-state index is 12.2. The Balaban J connectivity index is 0.00000147. The minimum absolute atomic E-state index is 0. The van der Waals surface area contributed by atoms with Crippen molar-refractivity contribution in [3.05, 3.63) is 48.2 Å². The summed E-state index contributed by atoms with van der Waals surface area (Å²) in [5, 5.41) is 0.484. The minimum Gasteiger partial charge on any atom is -0.412 e. The highest BCUT2D eigenvalue weighted by Crippen LogP contribution is 2.15. The minimum atomic E-state index is -1.22. The topological polar surface area (TPSA) is 116 Å². The van der Waals surface area contributed by atoms with Crippen LogP contribution in [0.15, 0.2) is 47.8 Å². The third kappa shape index (κ3) is 2.84. The number of rotatable bonds is 3. The Kier molecular flexibility index (Phi) is 4.11. The second-order valence-electron chi connectivity index (χ2n) is 4.14. The molecule has 0 fully saturated rings. The predicted molar refractivity (Wildman–Crippen MR) is 78.5 cm³/mol. The Morgan fingerprint density at radius 3 is 2.70 bits per heavy atom. The van der Waals surface area contributed by atoms with E-state index >= 15 is 0 Å². The number of para-hydroxylation sites is 2. The number of anilines is 1. The van der Waals surface area contributed by atoms with Crippen molar-refractivity contribution < 1.29 is 9.69 Å². The molecule has 0 bridgehead atoms. The first-order valence-electron chi connectivity index (χ1n) is 5.76. The molecule has 1 unspecified atom stereocenters. The van der Waals surface area contributed by atoms with Crippen molar-refractivity contribution in [2.45, 2.75) is 10.9 Å². The lowest BCUT2D eigenvalue weighted by atomic mass is 10.3. The molecule has 0 spiro atoms. The molecule has 3 rings (SSSR count). The van der Waals surface area contributed by atoms with Crippen molar-refractivity contribution in [2.75, 3.05) is 5.73 Å². The molecular formula is C13H14N4O2S. The molecule has 2 heterocycles. The Morgan fingerprint density at radius 1 is 1.20 bits per heavy atom. The zero-order valence-corrected chi connectivity index (χ0v) is 11.4. The van der Waals surface area contributed by atoms with Crippen LogP contribution in [0, 0.1) is 0 Å². The molecule has 0 aliphatic rings. The summed E-state index contributed by atoms with van der Waals surface area (Å²) in [5.41, 5.74) is 8.09. The standard InChI is InChI=1S/C13H12N4OS.H2O/c14-12-6-5-9(7-15-12)8-19(18)13-16-10-3-1-2-4-11(10)17-13;/h1-7H,8H2,(H2,14,15)(H,16,17);1H2. The van der Waals surface area contributed by atoms with Crippen LogP contribution < -0.4 is 5.73 Å². The number of imidazole rings is 1. The normalized spacial score (nSPS) is 12.0. The van der Waals surface area contributed by atoms with E-state index in [4.69, 9.17) is 5.73 Å². The molecule has 104 valence electrons. The van der Waals surface area contributed by atoms with Crippen molar-refractivity contribution in [1.82, 2.24) is 15.0 Å². The van der Waals surface area contributed by atoms with Crippen LogP contribution in [0.1, 0.15) is 5.56 Å². The summed E-state index contributed by atoms with van der Waals surface area (Å²) in [6, 6.07) is 11.1. The van der Waals surface area contributed by atoms with E-state index in [0.717, 1.165) is 16.6 Å². The lowest BCUT2D eigenvalue weighted by molar-refractivity contribution is 0.677. The van der Waals surface area contributed by atoms with Gasteiger partial charge < -0.3 is 16.2 Å². The first kappa shape index (κ1) is 14.2. The van der Waals surface area contributed by atoms with E-state index in [1.165, 1.54) is 0 Å². The number of H-pyrrole nitrogens is 1. The number of hydrogen-bond acceptors (Lipinski definition) is 4. The molecule has 20 heavy (non-hydrogen) atoms. The van der Waals surface area contributed by atoms with E-state index in [0.29, 0.717) is 16.7 Å². The van der Waals surface area contributed by atoms with E-state index in [9.17, 15) is 4.21 Å². The summed E-state index contributed by atoms with van der Waals surface area (Å²) >= 11 is 0. The fraction of sp³-hybridized carbons (Fsp3) is 0.0769. The maximum absolute atomic E-state index is 12.2. The lowest BCUT2D eigenvalue weighted by Gasteiger charge is -1.99. The highest BCUT2D eigenvalue weighted by Gasteiger charge is 2.10. The molecule has 2 aromatic heterocycles. The van der Waals surface area contributed by atoms with Crippen LogP contribution in [0.5, 0.6) is 0 Å². The summed E-state index contributed by atoms with van der Waals surface area (Å²) in [5.74, 6) is 0.825. The Labute approximate surface area is 117 Å². The summed E-state index contributed by atoms with van der Waals surface area (Å²) < 4.78 is 12.2. The number of aromatic amines is 1. The number of nitrogens with one attached hydrogen (secondary N) is 1. The van der Waals surface area contributed by atoms with Gasteiger partial charge in [0, 0.05) is 6.20 Å². The van der Waals surface area contributed by atoms with Crippen molar-refractivity contribution in [2.24, 2.45) is 0 Å². The van der Waals surface area contributed by atoms with Gasteiger partial charge >= 0.3 is 0 Å². The van der Waals surface area contributed by atoms with E-state index in [-0.39, 0.29) is 5.48 Å². The number of nitrogens with zero attached hydrogens (tertiary/aromatic N) is 2. The van der Waals surface area contributed by atoms with Crippen LogP contribution in [-0.4, -0.2) is 24.6 Å². The first-order chi connectivity index (χ1) is 9.22. The SMILES string of the molecule is Nc1ccc(CS(=O)c2nc3ccccc3[nH]2)cn1.O. The van der Waals surface area contributed by atoms with Crippen LogP contribution >= 0.6 is 0 Å². The van der Waals surface area contributed by atoms with Gasteiger partial charge in [0.15, 0.2) is 5.16 Å². The van der Waals surface area contributed by atoms with E-state index in [2.05, 4.69) is 15.0 Å². The van der Waals surface area contributed by atoms with Gasteiger partial charge in [0.25, 0.3) is 0 Å². The van der Waals surface area contributed by atoms with Crippen LogP contribution in [0.4, 0.5) is 5.82 Å². The summed E-state index contributed by atoms with van der Waals surface area (Å²) in [7, 11) is -1.22. The Morgan fingerprint density at radius 2 is 2.00 bits per heavy atom. The van der Waals surface area contributed by atoms with Crippen molar-refractivity contribution in [3.63, 3.8) is 0 Å². The Hall–Kier alpha value is -2.25. The summed E-state index contributed by atoms with van der Waals surface area (Å²) in [6.45, 7) is 0. The molecule has 0 saturated carbocycles. The van der Waals surface area contributed by atoms with Gasteiger partial charge in [0.05, 0.1) is 27.6 Å². The second-order valence-corrected chi connectivity index (χ2v) is 5.51. The first-order valence-corrected chi connectivity index (χ1v) is 7.08. The maximum Gasteiger partial charge on any atom is 0.197 e. The average Bonchev–Trinajstić information content (AvgIpc) is 2.85.